The van der Waals surface area contributed by atoms with E-state index in [4.69, 9.17) is 16.3 Å². The van der Waals surface area contributed by atoms with Crippen molar-refractivity contribution in [3.8, 4) is 11.5 Å². The molecule has 1 aromatic carbocycles. The summed E-state index contributed by atoms with van der Waals surface area (Å²) in [5.41, 5.74) is -2.16. The van der Waals surface area contributed by atoms with Crippen molar-refractivity contribution in [2.24, 2.45) is 28.6 Å². The van der Waals surface area contributed by atoms with Crippen LogP contribution in [0.4, 0.5) is 0 Å². The van der Waals surface area contributed by atoms with Gasteiger partial charge in [0.15, 0.2) is 0 Å². The Bertz CT molecular complexity index is 931. The zero-order valence-corrected chi connectivity index (χ0v) is 19.0. The average molecular weight is 455 g/mol. The number of aromatic hydroxyl groups is 2. The number of carbonyl (C=O) groups excluding carboxylic acids is 1. The van der Waals surface area contributed by atoms with E-state index < -0.39 is 40.9 Å². The molecule has 3 aliphatic rings. The Kier molecular flexibility index (Phi) is 5.10. The largest absolute Gasteiger partial charge is 0.507 e. The number of aliphatic hydroxyl groups excluding tert-OH is 2. The summed E-state index contributed by atoms with van der Waals surface area (Å²) in [6.45, 7) is 7.40. The molecule has 0 aliphatic heterocycles. The molecule has 3 saturated carbocycles. The van der Waals surface area contributed by atoms with Crippen LogP contribution in [0.3, 0.4) is 0 Å². The number of esters is 1. The van der Waals surface area contributed by atoms with E-state index in [-0.39, 0.29) is 45.8 Å². The van der Waals surface area contributed by atoms with Gasteiger partial charge in [0.05, 0.1) is 29.8 Å². The number of fused-ring (bicyclic) bond motifs is 3. The maximum Gasteiger partial charge on any atom is 0.342 e. The fourth-order valence-electron chi connectivity index (χ4n) is 6.79. The lowest BCUT2D eigenvalue weighted by Crippen LogP contribution is -2.78. The summed E-state index contributed by atoms with van der Waals surface area (Å²) < 4.78 is 5.44. The molecule has 3 fully saturated rings. The molecular formula is C23H31ClO7. The molecule has 172 valence electrons. The highest BCUT2D eigenvalue weighted by molar-refractivity contribution is 6.33. The number of benzene rings is 1. The first kappa shape index (κ1) is 22.6. The highest BCUT2D eigenvalue weighted by atomic mass is 35.5. The summed E-state index contributed by atoms with van der Waals surface area (Å²) >= 11 is 5.99. The van der Waals surface area contributed by atoms with Gasteiger partial charge in [-0.15, -0.1) is 0 Å². The summed E-state index contributed by atoms with van der Waals surface area (Å²) in [6, 6.07) is 0.965. The normalized spacial score (nSPS) is 40.6. The van der Waals surface area contributed by atoms with Crippen molar-refractivity contribution in [1.29, 1.82) is 0 Å². The number of hydrogen-bond acceptors (Lipinski definition) is 7. The van der Waals surface area contributed by atoms with Crippen LogP contribution in [0.15, 0.2) is 6.07 Å². The zero-order valence-electron chi connectivity index (χ0n) is 18.2. The first-order valence-corrected chi connectivity index (χ1v) is 11.1. The summed E-state index contributed by atoms with van der Waals surface area (Å²) in [5, 5.41) is 53.1. The molecule has 0 spiro atoms. The number of hydrogen-bond donors (Lipinski definition) is 5. The van der Waals surface area contributed by atoms with Crippen LogP contribution in [0.5, 0.6) is 11.5 Å². The molecule has 7 nitrogen and oxygen atoms in total. The topological polar surface area (TPSA) is 127 Å². The van der Waals surface area contributed by atoms with E-state index in [2.05, 4.69) is 13.8 Å². The molecule has 31 heavy (non-hydrogen) atoms. The zero-order chi connectivity index (χ0) is 23.1. The van der Waals surface area contributed by atoms with Crippen LogP contribution < -0.4 is 0 Å². The molecule has 4 rings (SSSR count). The van der Waals surface area contributed by atoms with Gasteiger partial charge in [0, 0.05) is 11.5 Å². The summed E-state index contributed by atoms with van der Waals surface area (Å²) in [6.07, 6.45) is 0.125. The van der Waals surface area contributed by atoms with E-state index in [0.717, 1.165) is 18.9 Å². The molecule has 0 heterocycles. The van der Waals surface area contributed by atoms with Gasteiger partial charge in [-0.25, -0.2) is 4.79 Å². The first-order valence-electron chi connectivity index (χ1n) is 10.7. The van der Waals surface area contributed by atoms with Gasteiger partial charge >= 0.3 is 5.97 Å². The Balaban J connectivity index is 1.61. The standard InChI is InChI=1S/C23H31ClO7/c1-10-17(14(25)5-15(26)18(10)24)20(29)31-9-13-19(28)11-6-21(2,3)7-12(11)22(4)8-16(27)23(13,22)30/h5,11-13,16,19,25-28,30H,6-9H2,1-4H3/t11-,12+,13-,16-,19+,22-,23+/m1/s1. The van der Waals surface area contributed by atoms with E-state index in [1.165, 1.54) is 6.92 Å². The molecule has 5 N–H and O–H groups in total. The van der Waals surface area contributed by atoms with Crippen LogP contribution >= 0.6 is 11.6 Å². The summed E-state index contributed by atoms with van der Waals surface area (Å²) in [7, 11) is 0. The minimum atomic E-state index is -1.57. The predicted octanol–water partition coefficient (Wildman–Crippen LogP) is 2.76. The second kappa shape index (κ2) is 6.98. The minimum absolute atomic E-state index is 0.0119. The molecule has 8 heteroatoms. The third-order valence-electron chi connectivity index (χ3n) is 8.41. The number of halogens is 1. The lowest BCUT2D eigenvalue weighted by Gasteiger charge is -2.68. The first-order chi connectivity index (χ1) is 14.2. The monoisotopic (exact) mass is 454 g/mol. The van der Waals surface area contributed by atoms with E-state index >= 15 is 0 Å². The fraction of sp³-hybridized carbons (Fsp3) is 0.696. The van der Waals surface area contributed by atoms with Crippen LogP contribution in [0, 0.1) is 35.5 Å². The van der Waals surface area contributed by atoms with Crippen LogP contribution in [-0.4, -0.2) is 55.9 Å². The highest BCUT2D eigenvalue weighted by Crippen LogP contribution is 2.69. The number of phenols is 2. The van der Waals surface area contributed by atoms with Gasteiger partial charge in [0.2, 0.25) is 0 Å². The summed E-state index contributed by atoms with van der Waals surface area (Å²) in [4.78, 5) is 12.8. The molecule has 0 radical (unpaired) electrons. The van der Waals surface area contributed by atoms with Crippen molar-refractivity contribution in [3.05, 3.63) is 22.2 Å². The predicted molar refractivity (Wildman–Crippen MR) is 113 cm³/mol. The molecule has 3 aliphatic carbocycles. The van der Waals surface area contributed by atoms with Gasteiger partial charge in [-0.05, 0) is 49.0 Å². The van der Waals surface area contributed by atoms with E-state index in [1.807, 2.05) is 6.92 Å². The lowest BCUT2D eigenvalue weighted by molar-refractivity contribution is -0.334. The van der Waals surface area contributed by atoms with Crippen LogP contribution in [-0.2, 0) is 4.74 Å². The molecule has 0 bridgehead atoms. The molecule has 0 unspecified atom stereocenters. The molecule has 7 atom stereocenters. The second-order valence-corrected chi connectivity index (χ2v) is 11.1. The van der Waals surface area contributed by atoms with E-state index in [0.29, 0.717) is 6.42 Å². The number of ether oxygens (including phenoxy) is 1. The Morgan fingerprint density at radius 3 is 2.42 bits per heavy atom. The van der Waals surface area contributed by atoms with Gasteiger partial charge in [-0.3, -0.25) is 0 Å². The van der Waals surface area contributed by atoms with Crippen molar-refractivity contribution < 1.29 is 35.1 Å². The maximum atomic E-state index is 12.8. The molecule has 1 aromatic rings. The lowest BCUT2D eigenvalue weighted by atomic mass is 9.40. The van der Waals surface area contributed by atoms with E-state index in [9.17, 15) is 30.3 Å². The third-order valence-corrected chi connectivity index (χ3v) is 8.89. The number of aliphatic hydroxyl groups is 3. The molecule has 0 amide bonds. The third kappa shape index (κ3) is 3.00. The van der Waals surface area contributed by atoms with Crippen LogP contribution in [0.25, 0.3) is 0 Å². The second-order valence-electron chi connectivity index (χ2n) is 10.7. The van der Waals surface area contributed by atoms with Gasteiger partial charge < -0.3 is 30.3 Å². The molecule has 0 saturated heterocycles. The Morgan fingerprint density at radius 1 is 1.16 bits per heavy atom. The van der Waals surface area contributed by atoms with Gasteiger partial charge in [-0.1, -0.05) is 32.4 Å². The number of rotatable bonds is 3. The van der Waals surface area contributed by atoms with Gasteiger partial charge in [-0.2, -0.15) is 0 Å². The maximum absolute atomic E-state index is 12.8. The van der Waals surface area contributed by atoms with Crippen LogP contribution in [0.1, 0.15) is 56.0 Å². The quantitative estimate of drug-likeness (QED) is 0.444. The molecule has 0 aromatic heterocycles. The summed E-state index contributed by atoms with van der Waals surface area (Å²) in [5.74, 6) is -2.56. The van der Waals surface area contributed by atoms with Crippen molar-refractivity contribution in [3.63, 3.8) is 0 Å². The highest BCUT2D eigenvalue weighted by Gasteiger charge is 2.75. The fourth-order valence-corrected chi connectivity index (χ4v) is 6.94. The number of carbonyl (C=O) groups is 1. The van der Waals surface area contributed by atoms with Crippen molar-refractivity contribution >= 4 is 17.6 Å². The number of phenolic OH excluding ortho intramolecular Hbond substituents is 2. The Labute approximate surface area is 186 Å². The van der Waals surface area contributed by atoms with E-state index in [1.54, 1.807) is 0 Å². The smallest absolute Gasteiger partial charge is 0.342 e. The average Bonchev–Trinajstić information content (AvgIpc) is 3.01. The minimum Gasteiger partial charge on any atom is -0.507 e. The Hall–Kier alpha value is -1.54. The van der Waals surface area contributed by atoms with Crippen molar-refractivity contribution in [2.75, 3.05) is 6.61 Å². The van der Waals surface area contributed by atoms with Gasteiger partial charge in [0.25, 0.3) is 0 Å². The van der Waals surface area contributed by atoms with Crippen molar-refractivity contribution in [1.82, 2.24) is 0 Å². The SMILES string of the molecule is Cc1c(Cl)c(O)cc(O)c1C(=O)OC[C@@H]1[C@@H](O)[C@@H]2CC(C)(C)C[C@@H]2[C@@]2(C)C[C@@H](O)[C@@]12O. The molecular weight excluding hydrogens is 424 g/mol. The van der Waals surface area contributed by atoms with Gasteiger partial charge in [0.1, 0.15) is 22.7 Å². The van der Waals surface area contributed by atoms with Crippen molar-refractivity contribution in [2.45, 2.75) is 64.8 Å². The Morgan fingerprint density at radius 2 is 1.81 bits per heavy atom. The van der Waals surface area contributed by atoms with Crippen LogP contribution in [0.2, 0.25) is 5.02 Å².